The number of carbonyl (C=O) groups is 2. The molecule has 0 saturated heterocycles. The van der Waals surface area contributed by atoms with Crippen LogP contribution >= 0.6 is 15.9 Å². The van der Waals surface area contributed by atoms with Gasteiger partial charge in [0.05, 0.1) is 0 Å². The summed E-state index contributed by atoms with van der Waals surface area (Å²) in [6, 6.07) is 5.64. The van der Waals surface area contributed by atoms with E-state index in [0.29, 0.717) is 0 Å². The number of allylic oxidation sites excluding steroid dienone is 2. The highest BCUT2D eigenvalue weighted by Crippen LogP contribution is 2.28. The van der Waals surface area contributed by atoms with Gasteiger partial charge >= 0.3 is 0 Å². The van der Waals surface area contributed by atoms with Crippen molar-refractivity contribution in [2.24, 2.45) is 0 Å². The number of hydrogen-bond acceptors (Lipinski definition) is 2. The van der Waals surface area contributed by atoms with Crippen LogP contribution in [-0.4, -0.2) is 11.6 Å². The van der Waals surface area contributed by atoms with Crippen LogP contribution in [0.4, 0.5) is 0 Å². The largest absolute Gasteiger partial charge is 0.294 e. The van der Waals surface area contributed by atoms with Gasteiger partial charge in [-0.05, 0) is 42.3 Å². The van der Waals surface area contributed by atoms with E-state index < -0.39 is 5.92 Å². The highest BCUT2D eigenvalue weighted by atomic mass is 79.9. The van der Waals surface area contributed by atoms with E-state index in [2.05, 4.69) is 15.9 Å². The number of carbonyl (C=O) groups excluding carboxylic acids is 2. The maximum Gasteiger partial charge on any atom is 0.171 e. The SMILES string of the molecule is Cc1ccc(Br)cc1C1C(=O)C=CC1=O. The molecule has 2 rings (SSSR count). The Balaban J connectivity index is 2.50. The predicted octanol–water partition coefficient (Wildman–Crippen LogP) is 2.55. The van der Waals surface area contributed by atoms with Crippen molar-refractivity contribution in [1.82, 2.24) is 0 Å². The van der Waals surface area contributed by atoms with Gasteiger partial charge in [0.15, 0.2) is 11.6 Å². The standard InChI is InChI=1S/C12H9BrO2/c1-7-2-3-8(13)6-9(7)12-10(14)4-5-11(12)15/h2-6,12H,1H3. The molecule has 76 valence electrons. The Morgan fingerprint density at radius 1 is 1.13 bits per heavy atom. The molecular weight excluding hydrogens is 256 g/mol. The molecule has 0 saturated carbocycles. The molecule has 15 heavy (non-hydrogen) atoms. The van der Waals surface area contributed by atoms with Crippen LogP contribution in [0, 0.1) is 6.92 Å². The van der Waals surface area contributed by atoms with Crippen LogP contribution < -0.4 is 0 Å². The topological polar surface area (TPSA) is 34.1 Å². The molecule has 2 nitrogen and oxygen atoms in total. The maximum absolute atomic E-state index is 11.5. The minimum atomic E-state index is -0.623. The average molecular weight is 265 g/mol. The van der Waals surface area contributed by atoms with Crippen molar-refractivity contribution < 1.29 is 9.59 Å². The number of benzene rings is 1. The molecule has 1 aliphatic carbocycles. The normalized spacial score (nSPS) is 16.4. The molecule has 0 atom stereocenters. The van der Waals surface area contributed by atoms with Crippen molar-refractivity contribution in [2.45, 2.75) is 12.8 Å². The van der Waals surface area contributed by atoms with Gasteiger partial charge in [0.2, 0.25) is 0 Å². The Bertz CT molecular complexity index is 457. The zero-order valence-corrected chi connectivity index (χ0v) is 9.74. The van der Waals surface area contributed by atoms with Crippen LogP contribution in [0.3, 0.4) is 0 Å². The van der Waals surface area contributed by atoms with Crippen LogP contribution in [0.5, 0.6) is 0 Å². The Morgan fingerprint density at radius 3 is 2.33 bits per heavy atom. The van der Waals surface area contributed by atoms with Gasteiger partial charge in [0, 0.05) is 4.47 Å². The summed E-state index contributed by atoms with van der Waals surface area (Å²) >= 11 is 3.34. The number of halogens is 1. The third kappa shape index (κ3) is 1.79. The van der Waals surface area contributed by atoms with E-state index in [9.17, 15) is 9.59 Å². The Kier molecular flexibility index (Phi) is 2.57. The van der Waals surface area contributed by atoms with E-state index in [1.54, 1.807) is 0 Å². The summed E-state index contributed by atoms with van der Waals surface area (Å²) in [5, 5.41) is 0. The molecule has 0 fully saturated rings. The second kappa shape index (κ2) is 3.74. The van der Waals surface area contributed by atoms with Crippen molar-refractivity contribution in [3.63, 3.8) is 0 Å². The second-order valence-corrected chi connectivity index (χ2v) is 4.49. The van der Waals surface area contributed by atoms with E-state index in [1.807, 2.05) is 25.1 Å². The molecular formula is C12H9BrO2. The first kappa shape index (κ1) is 10.3. The Morgan fingerprint density at radius 2 is 1.73 bits per heavy atom. The number of rotatable bonds is 1. The molecule has 0 amide bonds. The van der Waals surface area contributed by atoms with E-state index in [0.717, 1.165) is 15.6 Å². The summed E-state index contributed by atoms with van der Waals surface area (Å²) < 4.78 is 0.885. The molecule has 1 aromatic carbocycles. The van der Waals surface area contributed by atoms with Gasteiger partial charge in [-0.2, -0.15) is 0 Å². The van der Waals surface area contributed by atoms with Gasteiger partial charge in [0.25, 0.3) is 0 Å². The molecule has 0 spiro atoms. The molecule has 1 aliphatic rings. The van der Waals surface area contributed by atoms with Gasteiger partial charge in [-0.3, -0.25) is 9.59 Å². The molecule has 3 heteroatoms. The minimum absolute atomic E-state index is 0.124. The van der Waals surface area contributed by atoms with Crippen molar-refractivity contribution in [1.29, 1.82) is 0 Å². The highest BCUT2D eigenvalue weighted by molar-refractivity contribution is 9.10. The molecule has 1 aromatic rings. The minimum Gasteiger partial charge on any atom is -0.294 e. The maximum atomic E-state index is 11.5. The Hall–Kier alpha value is -1.22. The van der Waals surface area contributed by atoms with Gasteiger partial charge in [-0.25, -0.2) is 0 Å². The molecule has 0 heterocycles. The first-order valence-electron chi connectivity index (χ1n) is 4.61. The third-order valence-corrected chi connectivity index (χ3v) is 3.03. The fraction of sp³-hybridized carbons (Fsp3) is 0.167. The summed E-state index contributed by atoms with van der Waals surface area (Å²) in [7, 11) is 0. The van der Waals surface area contributed by atoms with Gasteiger partial charge in [-0.1, -0.05) is 22.0 Å². The Labute approximate surface area is 96.1 Å². The lowest BCUT2D eigenvalue weighted by Gasteiger charge is -2.11. The van der Waals surface area contributed by atoms with Gasteiger partial charge < -0.3 is 0 Å². The van der Waals surface area contributed by atoms with Crippen molar-refractivity contribution in [3.8, 4) is 0 Å². The molecule has 0 N–H and O–H groups in total. The highest BCUT2D eigenvalue weighted by Gasteiger charge is 2.30. The third-order valence-electron chi connectivity index (χ3n) is 2.53. The van der Waals surface area contributed by atoms with E-state index >= 15 is 0 Å². The lowest BCUT2D eigenvalue weighted by atomic mass is 9.91. The van der Waals surface area contributed by atoms with Crippen molar-refractivity contribution in [3.05, 3.63) is 46.0 Å². The van der Waals surface area contributed by atoms with E-state index in [-0.39, 0.29) is 11.6 Å². The molecule has 0 unspecified atom stereocenters. The summed E-state index contributed by atoms with van der Waals surface area (Å²) in [4.78, 5) is 23.1. The van der Waals surface area contributed by atoms with Crippen molar-refractivity contribution in [2.75, 3.05) is 0 Å². The lowest BCUT2D eigenvalue weighted by molar-refractivity contribution is -0.122. The molecule has 0 aromatic heterocycles. The zero-order chi connectivity index (χ0) is 11.0. The van der Waals surface area contributed by atoms with E-state index in [1.165, 1.54) is 12.2 Å². The van der Waals surface area contributed by atoms with E-state index in [4.69, 9.17) is 0 Å². The molecule has 0 bridgehead atoms. The van der Waals surface area contributed by atoms with Gasteiger partial charge in [-0.15, -0.1) is 0 Å². The summed E-state index contributed by atoms with van der Waals surface area (Å²) in [6.45, 7) is 1.90. The second-order valence-electron chi connectivity index (χ2n) is 3.57. The number of aryl methyl sites for hydroxylation is 1. The van der Waals surface area contributed by atoms with Crippen LogP contribution in [0.25, 0.3) is 0 Å². The fourth-order valence-corrected chi connectivity index (χ4v) is 2.10. The number of ketones is 2. The predicted molar refractivity (Wildman–Crippen MR) is 60.8 cm³/mol. The molecule has 0 radical (unpaired) electrons. The monoisotopic (exact) mass is 264 g/mol. The summed E-state index contributed by atoms with van der Waals surface area (Å²) in [6.07, 6.45) is 2.71. The molecule has 0 aliphatic heterocycles. The first-order valence-corrected chi connectivity index (χ1v) is 5.40. The van der Waals surface area contributed by atoms with Crippen LogP contribution in [0.1, 0.15) is 17.0 Å². The van der Waals surface area contributed by atoms with Crippen molar-refractivity contribution >= 4 is 27.5 Å². The fourth-order valence-electron chi connectivity index (χ4n) is 1.73. The summed E-state index contributed by atoms with van der Waals surface area (Å²) in [5.41, 5.74) is 1.76. The van der Waals surface area contributed by atoms with Crippen LogP contribution in [0.2, 0.25) is 0 Å². The zero-order valence-electron chi connectivity index (χ0n) is 8.16. The average Bonchev–Trinajstić information content (AvgIpc) is 2.51. The summed E-state index contributed by atoms with van der Waals surface area (Å²) in [5.74, 6) is -0.870. The van der Waals surface area contributed by atoms with Crippen LogP contribution in [0.15, 0.2) is 34.8 Å². The first-order chi connectivity index (χ1) is 7.09. The smallest absolute Gasteiger partial charge is 0.171 e. The lowest BCUT2D eigenvalue weighted by Crippen LogP contribution is -2.14. The van der Waals surface area contributed by atoms with Gasteiger partial charge in [0.1, 0.15) is 5.92 Å². The number of hydrogen-bond donors (Lipinski definition) is 0. The van der Waals surface area contributed by atoms with Crippen LogP contribution in [-0.2, 0) is 9.59 Å². The quantitative estimate of drug-likeness (QED) is 0.731.